The SMILES string of the molecule is CCCn1c2c(c3cc(C)c(C)cc31)CC(C(N)=O)CC2. The van der Waals surface area contributed by atoms with Gasteiger partial charge in [-0.15, -0.1) is 0 Å². The summed E-state index contributed by atoms with van der Waals surface area (Å²) in [7, 11) is 0. The molecule has 0 spiro atoms. The number of rotatable bonds is 3. The molecule has 0 saturated carbocycles. The van der Waals surface area contributed by atoms with Crippen LogP contribution in [-0.4, -0.2) is 10.5 Å². The van der Waals surface area contributed by atoms with Gasteiger partial charge in [-0.25, -0.2) is 0 Å². The Labute approximate surface area is 126 Å². The van der Waals surface area contributed by atoms with Crippen LogP contribution in [0, 0.1) is 19.8 Å². The van der Waals surface area contributed by atoms with Crippen molar-refractivity contribution >= 4 is 16.8 Å². The topological polar surface area (TPSA) is 48.0 Å². The zero-order valence-electron chi connectivity index (χ0n) is 13.2. The van der Waals surface area contributed by atoms with E-state index in [0.29, 0.717) is 0 Å². The molecule has 0 saturated heterocycles. The van der Waals surface area contributed by atoms with Gasteiger partial charge in [0.05, 0.1) is 0 Å². The van der Waals surface area contributed by atoms with Crippen molar-refractivity contribution in [2.75, 3.05) is 0 Å². The molecule has 1 unspecified atom stereocenters. The summed E-state index contributed by atoms with van der Waals surface area (Å²) in [4.78, 5) is 11.6. The predicted molar refractivity (Wildman–Crippen MR) is 86.4 cm³/mol. The number of amides is 1. The summed E-state index contributed by atoms with van der Waals surface area (Å²) in [6.45, 7) is 7.60. The number of carbonyl (C=O) groups excluding carboxylic acids is 1. The van der Waals surface area contributed by atoms with Crippen molar-refractivity contribution in [2.24, 2.45) is 11.7 Å². The normalized spacial score (nSPS) is 18.0. The molecule has 112 valence electrons. The van der Waals surface area contributed by atoms with E-state index in [1.54, 1.807) is 0 Å². The van der Waals surface area contributed by atoms with Crippen LogP contribution < -0.4 is 5.73 Å². The van der Waals surface area contributed by atoms with E-state index in [9.17, 15) is 4.79 Å². The molecule has 1 amide bonds. The molecule has 0 radical (unpaired) electrons. The largest absolute Gasteiger partial charge is 0.369 e. The molecule has 2 aromatic rings. The highest BCUT2D eigenvalue weighted by Gasteiger charge is 2.28. The standard InChI is InChI=1S/C18H24N2O/c1-4-7-20-16-6-5-13(18(19)21)10-15(16)14-8-11(2)12(3)9-17(14)20/h8-9,13H,4-7,10H2,1-3H3,(H2,19,21). The molecular weight excluding hydrogens is 260 g/mol. The lowest BCUT2D eigenvalue weighted by Crippen LogP contribution is -2.29. The Bertz CT molecular complexity index is 712. The van der Waals surface area contributed by atoms with Crippen LogP contribution in [0.5, 0.6) is 0 Å². The number of nitrogens with zero attached hydrogens (tertiary/aromatic N) is 1. The smallest absolute Gasteiger partial charge is 0.220 e. The van der Waals surface area contributed by atoms with Gasteiger partial charge in [-0.3, -0.25) is 4.79 Å². The molecule has 1 heterocycles. The summed E-state index contributed by atoms with van der Waals surface area (Å²) in [5, 5.41) is 1.33. The minimum atomic E-state index is -0.152. The second-order valence-electron chi connectivity index (χ2n) is 6.37. The molecule has 3 rings (SSSR count). The van der Waals surface area contributed by atoms with Crippen molar-refractivity contribution < 1.29 is 4.79 Å². The molecule has 1 aliphatic carbocycles. The highest BCUT2D eigenvalue weighted by Crippen LogP contribution is 2.35. The van der Waals surface area contributed by atoms with Crippen LogP contribution in [0.4, 0.5) is 0 Å². The van der Waals surface area contributed by atoms with Crippen LogP contribution >= 0.6 is 0 Å². The summed E-state index contributed by atoms with van der Waals surface area (Å²) in [6, 6.07) is 4.59. The fraction of sp³-hybridized carbons (Fsp3) is 0.500. The first-order valence-electron chi connectivity index (χ1n) is 7.93. The Hall–Kier alpha value is -1.77. The number of aromatic nitrogens is 1. The maximum atomic E-state index is 11.6. The number of primary amides is 1. The van der Waals surface area contributed by atoms with Gasteiger partial charge in [0.25, 0.3) is 0 Å². The van der Waals surface area contributed by atoms with Gasteiger partial charge in [0.1, 0.15) is 0 Å². The minimum absolute atomic E-state index is 0.000198. The number of hydrogen-bond acceptors (Lipinski definition) is 1. The van der Waals surface area contributed by atoms with Crippen LogP contribution in [0.3, 0.4) is 0 Å². The van der Waals surface area contributed by atoms with Crippen molar-refractivity contribution in [1.29, 1.82) is 0 Å². The first-order valence-corrected chi connectivity index (χ1v) is 7.93. The van der Waals surface area contributed by atoms with E-state index in [1.165, 1.54) is 33.3 Å². The fourth-order valence-corrected chi connectivity index (χ4v) is 3.62. The van der Waals surface area contributed by atoms with E-state index < -0.39 is 0 Å². The van der Waals surface area contributed by atoms with Gasteiger partial charge < -0.3 is 10.3 Å². The van der Waals surface area contributed by atoms with Gasteiger partial charge in [0.15, 0.2) is 0 Å². The molecule has 1 aromatic heterocycles. The highest BCUT2D eigenvalue weighted by atomic mass is 16.1. The molecule has 21 heavy (non-hydrogen) atoms. The molecule has 1 aromatic carbocycles. The van der Waals surface area contributed by atoms with Gasteiger partial charge in [-0.2, -0.15) is 0 Å². The zero-order valence-corrected chi connectivity index (χ0v) is 13.2. The van der Waals surface area contributed by atoms with Gasteiger partial charge in [0.2, 0.25) is 5.91 Å². The van der Waals surface area contributed by atoms with Crippen molar-refractivity contribution in [3.8, 4) is 0 Å². The van der Waals surface area contributed by atoms with Crippen molar-refractivity contribution in [3.63, 3.8) is 0 Å². The van der Waals surface area contributed by atoms with Crippen molar-refractivity contribution in [3.05, 3.63) is 34.5 Å². The average molecular weight is 284 g/mol. The second kappa shape index (κ2) is 5.21. The summed E-state index contributed by atoms with van der Waals surface area (Å²) < 4.78 is 2.47. The van der Waals surface area contributed by atoms with Crippen molar-refractivity contribution in [1.82, 2.24) is 4.57 Å². The van der Waals surface area contributed by atoms with Gasteiger partial charge >= 0.3 is 0 Å². The zero-order chi connectivity index (χ0) is 15.1. The lowest BCUT2D eigenvalue weighted by atomic mass is 9.85. The van der Waals surface area contributed by atoms with Gasteiger partial charge in [-0.05, 0) is 68.4 Å². The Morgan fingerprint density at radius 3 is 2.71 bits per heavy atom. The van der Waals surface area contributed by atoms with E-state index in [-0.39, 0.29) is 11.8 Å². The number of nitrogens with two attached hydrogens (primary N) is 1. The molecule has 1 atom stereocenters. The highest BCUT2D eigenvalue weighted by molar-refractivity contribution is 5.88. The van der Waals surface area contributed by atoms with Crippen LogP contribution in [0.1, 0.15) is 42.1 Å². The van der Waals surface area contributed by atoms with Gasteiger partial charge in [-0.1, -0.05) is 6.92 Å². The third-order valence-corrected chi connectivity index (χ3v) is 4.93. The summed E-state index contributed by atoms with van der Waals surface area (Å²) >= 11 is 0. The molecule has 0 bridgehead atoms. The first-order chi connectivity index (χ1) is 10.0. The molecule has 2 N–H and O–H groups in total. The van der Waals surface area contributed by atoms with Crippen LogP contribution in [0.25, 0.3) is 10.9 Å². The monoisotopic (exact) mass is 284 g/mol. The fourth-order valence-electron chi connectivity index (χ4n) is 3.62. The lowest BCUT2D eigenvalue weighted by molar-refractivity contribution is -0.122. The third-order valence-electron chi connectivity index (χ3n) is 4.93. The molecule has 0 fully saturated rings. The quantitative estimate of drug-likeness (QED) is 0.924. The first kappa shape index (κ1) is 14.2. The number of aryl methyl sites for hydroxylation is 3. The summed E-state index contributed by atoms with van der Waals surface area (Å²) in [5.74, 6) is -0.152. The van der Waals surface area contributed by atoms with Crippen molar-refractivity contribution in [2.45, 2.75) is 53.0 Å². The predicted octanol–water partition coefficient (Wildman–Crippen LogP) is 3.26. The summed E-state index contributed by atoms with van der Waals surface area (Å²) in [6.07, 6.45) is 3.79. The lowest BCUT2D eigenvalue weighted by Gasteiger charge is -2.21. The molecule has 3 heteroatoms. The van der Waals surface area contributed by atoms with E-state index in [2.05, 4.69) is 37.5 Å². The van der Waals surface area contributed by atoms with E-state index in [0.717, 1.165) is 32.2 Å². The summed E-state index contributed by atoms with van der Waals surface area (Å²) in [5.41, 5.74) is 12.3. The number of fused-ring (bicyclic) bond motifs is 3. The number of benzene rings is 1. The molecule has 3 nitrogen and oxygen atoms in total. The maximum absolute atomic E-state index is 11.6. The van der Waals surface area contributed by atoms with E-state index in [1.807, 2.05) is 0 Å². The van der Waals surface area contributed by atoms with Crippen LogP contribution in [0.15, 0.2) is 12.1 Å². The third kappa shape index (κ3) is 2.25. The Balaban J connectivity index is 2.22. The number of carbonyl (C=O) groups is 1. The van der Waals surface area contributed by atoms with Gasteiger partial charge in [0, 0.05) is 29.1 Å². The average Bonchev–Trinajstić information content (AvgIpc) is 2.73. The van der Waals surface area contributed by atoms with E-state index >= 15 is 0 Å². The minimum Gasteiger partial charge on any atom is -0.369 e. The maximum Gasteiger partial charge on any atom is 0.220 e. The molecular formula is C18H24N2O. The number of hydrogen-bond donors (Lipinski definition) is 1. The van der Waals surface area contributed by atoms with Crippen LogP contribution in [0.2, 0.25) is 0 Å². The second-order valence-corrected chi connectivity index (χ2v) is 6.37. The molecule has 0 aliphatic heterocycles. The van der Waals surface area contributed by atoms with E-state index in [4.69, 9.17) is 5.73 Å². The Morgan fingerprint density at radius 2 is 2.05 bits per heavy atom. The Morgan fingerprint density at radius 1 is 1.33 bits per heavy atom. The molecule has 1 aliphatic rings. The Kier molecular flexibility index (Phi) is 3.52. The van der Waals surface area contributed by atoms with Crippen LogP contribution in [-0.2, 0) is 24.2 Å².